The standard InChI is InChI=1S/C20H30ClN3O7S/c1-4-29-11-12-31-15(2)20(26)23(3)14-19(25)22-16-5-6-17(21)18(13-16)32(27,28)24-7-9-30-10-8-24/h5-6,13,15H,4,7-12,14H2,1-3H3,(H,22,25). The third kappa shape index (κ3) is 7.39. The molecule has 1 unspecified atom stereocenters. The molecule has 1 atom stereocenters. The zero-order chi connectivity index (χ0) is 23.7. The Labute approximate surface area is 193 Å². The van der Waals surface area contributed by atoms with Crippen molar-refractivity contribution in [3.05, 3.63) is 23.2 Å². The van der Waals surface area contributed by atoms with Crippen LogP contribution in [0.4, 0.5) is 5.69 Å². The number of amides is 2. The second-order valence-corrected chi connectivity index (χ2v) is 9.43. The number of morpholine rings is 1. The lowest BCUT2D eigenvalue weighted by atomic mass is 10.3. The average molecular weight is 492 g/mol. The maximum atomic E-state index is 12.9. The molecule has 1 N–H and O–H groups in total. The van der Waals surface area contributed by atoms with Gasteiger partial charge in [0.2, 0.25) is 15.9 Å². The highest BCUT2D eigenvalue weighted by molar-refractivity contribution is 7.89. The second-order valence-electron chi connectivity index (χ2n) is 7.11. The third-order valence-electron chi connectivity index (χ3n) is 4.71. The molecule has 0 saturated carbocycles. The van der Waals surface area contributed by atoms with Gasteiger partial charge in [0.25, 0.3) is 5.91 Å². The molecule has 1 fully saturated rings. The summed E-state index contributed by atoms with van der Waals surface area (Å²) in [7, 11) is -2.35. The Kier molecular flexibility index (Phi) is 10.3. The zero-order valence-corrected chi connectivity index (χ0v) is 20.1. The van der Waals surface area contributed by atoms with Crippen LogP contribution in [0.1, 0.15) is 13.8 Å². The number of nitrogens with one attached hydrogen (secondary N) is 1. The summed E-state index contributed by atoms with van der Waals surface area (Å²) in [6.45, 7) is 5.52. The van der Waals surface area contributed by atoms with E-state index in [2.05, 4.69) is 5.32 Å². The minimum Gasteiger partial charge on any atom is -0.379 e. The average Bonchev–Trinajstić information content (AvgIpc) is 2.77. The van der Waals surface area contributed by atoms with Crippen LogP contribution in [0, 0.1) is 0 Å². The predicted molar refractivity (Wildman–Crippen MR) is 119 cm³/mol. The zero-order valence-electron chi connectivity index (χ0n) is 18.5. The van der Waals surface area contributed by atoms with Crippen molar-refractivity contribution < 1.29 is 32.2 Å². The van der Waals surface area contributed by atoms with Crippen LogP contribution in [0.2, 0.25) is 5.02 Å². The van der Waals surface area contributed by atoms with Crippen molar-refractivity contribution in [3.63, 3.8) is 0 Å². The summed E-state index contributed by atoms with van der Waals surface area (Å²) in [5.74, 6) is -0.845. The highest BCUT2D eigenvalue weighted by Gasteiger charge is 2.29. The number of anilines is 1. The Morgan fingerprint density at radius 2 is 1.97 bits per heavy atom. The summed E-state index contributed by atoms with van der Waals surface area (Å²) < 4.78 is 42.9. The van der Waals surface area contributed by atoms with Crippen LogP contribution in [0.3, 0.4) is 0 Å². The van der Waals surface area contributed by atoms with Crippen molar-refractivity contribution in [3.8, 4) is 0 Å². The Morgan fingerprint density at radius 1 is 1.28 bits per heavy atom. The van der Waals surface area contributed by atoms with Crippen LogP contribution in [-0.4, -0.2) is 95.3 Å². The number of ether oxygens (including phenoxy) is 3. The first-order valence-corrected chi connectivity index (χ1v) is 12.1. The van der Waals surface area contributed by atoms with Crippen LogP contribution >= 0.6 is 11.6 Å². The lowest BCUT2D eigenvalue weighted by Gasteiger charge is -2.26. The molecule has 0 aliphatic carbocycles. The number of halogens is 1. The summed E-state index contributed by atoms with van der Waals surface area (Å²) in [5, 5.41) is 2.66. The van der Waals surface area contributed by atoms with Gasteiger partial charge in [0.1, 0.15) is 11.0 Å². The number of nitrogens with zero attached hydrogens (tertiary/aromatic N) is 2. The van der Waals surface area contributed by atoms with E-state index in [9.17, 15) is 18.0 Å². The number of carbonyl (C=O) groups is 2. The molecule has 1 aliphatic heterocycles. The van der Waals surface area contributed by atoms with Crippen molar-refractivity contribution in [2.45, 2.75) is 24.8 Å². The van der Waals surface area contributed by atoms with Gasteiger partial charge in [-0.05, 0) is 32.0 Å². The smallest absolute Gasteiger partial charge is 0.251 e. The Morgan fingerprint density at radius 3 is 2.62 bits per heavy atom. The maximum absolute atomic E-state index is 12.9. The molecule has 1 heterocycles. The molecule has 32 heavy (non-hydrogen) atoms. The van der Waals surface area contributed by atoms with E-state index < -0.39 is 22.0 Å². The van der Waals surface area contributed by atoms with Crippen LogP contribution in [0.15, 0.2) is 23.1 Å². The van der Waals surface area contributed by atoms with Gasteiger partial charge in [-0.3, -0.25) is 9.59 Å². The monoisotopic (exact) mass is 491 g/mol. The summed E-state index contributed by atoms with van der Waals surface area (Å²) >= 11 is 6.13. The molecule has 2 rings (SSSR count). The highest BCUT2D eigenvalue weighted by atomic mass is 35.5. The van der Waals surface area contributed by atoms with Gasteiger partial charge in [0.15, 0.2) is 0 Å². The van der Waals surface area contributed by atoms with Crippen LogP contribution in [0.25, 0.3) is 0 Å². The molecule has 0 bridgehead atoms. The van der Waals surface area contributed by atoms with Gasteiger partial charge in [0.05, 0.1) is 38.0 Å². The van der Waals surface area contributed by atoms with Crippen LogP contribution in [-0.2, 0) is 33.8 Å². The largest absolute Gasteiger partial charge is 0.379 e. The molecule has 10 nitrogen and oxygen atoms in total. The van der Waals surface area contributed by atoms with Crippen molar-refractivity contribution >= 4 is 39.1 Å². The van der Waals surface area contributed by atoms with Gasteiger partial charge in [-0.15, -0.1) is 0 Å². The van der Waals surface area contributed by atoms with Gasteiger partial charge < -0.3 is 24.4 Å². The molecule has 1 aromatic rings. The fourth-order valence-electron chi connectivity index (χ4n) is 3.01. The lowest BCUT2D eigenvalue weighted by molar-refractivity contribution is -0.144. The molecule has 1 aliphatic rings. The number of likely N-dealkylation sites (N-methyl/N-ethyl adjacent to an activating group) is 1. The van der Waals surface area contributed by atoms with E-state index in [4.69, 9.17) is 25.8 Å². The summed E-state index contributed by atoms with van der Waals surface area (Å²) in [6, 6.07) is 4.22. The predicted octanol–water partition coefficient (Wildman–Crippen LogP) is 1.20. The third-order valence-corrected chi connectivity index (χ3v) is 7.09. The first-order valence-electron chi connectivity index (χ1n) is 10.3. The van der Waals surface area contributed by atoms with Crippen LogP contribution < -0.4 is 5.32 Å². The SMILES string of the molecule is CCOCCOC(C)C(=O)N(C)CC(=O)Nc1ccc(Cl)c(S(=O)(=O)N2CCOCC2)c1. The van der Waals surface area contributed by atoms with Gasteiger partial charge in [-0.1, -0.05) is 11.6 Å². The first-order chi connectivity index (χ1) is 15.2. The molecule has 0 aromatic heterocycles. The molecule has 2 amide bonds. The molecule has 1 aromatic carbocycles. The Hall–Kier alpha value is -1.76. The molecule has 0 radical (unpaired) electrons. The van der Waals surface area contributed by atoms with E-state index in [-0.39, 0.29) is 47.8 Å². The van der Waals surface area contributed by atoms with E-state index in [1.165, 1.54) is 34.5 Å². The first kappa shape index (κ1) is 26.5. The fraction of sp³-hybridized carbons (Fsp3) is 0.600. The Bertz CT molecular complexity index is 891. The maximum Gasteiger partial charge on any atom is 0.251 e. The topological polar surface area (TPSA) is 114 Å². The Balaban J connectivity index is 1.98. The van der Waals surface area contributed by atoms with Crippen molar-refractivity contribution in [1.82, 2.24) is 9.21 Å². The minimum atomic E-state index is -3.83. The number of hydrogen-bond acceptors (Lipinski definition) is 7. The highest BCUT2D eigenvalue weighted by Crippen LogP contribution is 2.28. The number of rotatable bonds is 11. The quantitative estimate of drug-likeness (QED) is 0.462. The second kappa shape index (κ2) is 12.5. The van der Waals surface area contributed by atoms with Crippen molar-refractivity contribution in [2.24, 2.45) is 0 Å². The lowest BCUT2D eigenvalue weighted by Crippen LogP contribution is -2.41. The minimum absolute atomic E-state index is 0.0554. The van der Waals surface area contributed by atoms with Gasteiger partial charge in [-0.25, -0.2) is 8.42 Å². The fourth-order valence-corrected chi connectivity index (χ4v) is 4.92. The molecule has 1 saturated heterocycles. The van der Waals surface area contributed by atoms with Gasteiger partial charge in [-0.2, -0.15) is 4.31 Å². The summed E-state index contributed by atoms with van der Waals surface area (Å²) in [6.07, 6.45) is -0.728. The molecule has 180 valence electrons. The van der Waals surface area contributed by atoms with E-state index >= 15 is 0 Å². The van der Waals surface area contributed by atoms with Crippen LogP contribution in [0.5, 0.6) is 0 Å². The summed E-state index contributed by atoms with van der Waals surface area (Å²) in [5.41, 5.74) is 0.257. The van der Waals surface area contributed by atoms with Gasteiger partial charge in [0, 0.05) is 32.4 Å². The number of carbonyl (C=O) groups excluding carboxylic acids is 2. The molecule has 0 spiro atoms. The number of hydrogen-bond donors (Lipinski definition) is 1. The summed E-state index contributed by atoms with van der Waals surface area (Å²) in [4.78, 5) is 25.9. The van der Waals surface area contributed by atoms with Gasteiger partial charge >= 0.3 is 0 Å². The molecular formula is C20H30ClN3O7S. The van der Waals surface area contributed by atoms with E-state index in [1.54, 1.807) is 6.92 Å². The van der Waals surface area contributed by atoms with Crippen molar-refractivity contribution in [1.29, 1.82) is 0 Å². The molecule has 12 heteroatoms. The molecular weight excluding hydrogens is 462 g/mol. The van der Waals surface area contributed by atoms with Crippen molar-refractivity contribution in [2.75, 3.05) is 65.0 Å². The van der Waals surface area contributed by atoms with E-state index in [0.29, 0.717) is 26.4 Å². The number of sulfonamides is 1. The number of benzene rings is 1. The van der Waals surface area contributed by atoms with E-state index in [0.717, 1.165) is 0 Å². The van der Waals surface area contributed by atoms with E-state index in [1.807, 2.05) is 6.92 Å². The normalized spacial score (nSPS) is 15.9.